The summed E-state index contributed by atoms with van der Waals surface area (Å²) in [7, 11) is 0. The molecule has 0 bridgehead atoms. The summed E-state index contributed by atoms with van der Waals surface area (Å²) in [4.78, 5) is 17.5. The minimum absolute atomic E-state index is 0.0340. The maximum absolute atomic E-state index is 13.1. The van der Waals surface area contributed by atoms with E-state index in [9.17, 15) is 4.79 Å². The Morgan fingerprint density at radius 2 is 2.12 bits per heavy atom. The predicted octanol–water partition coefficient (Wildman–Crippen LogP) is 2.98. The van der Waals surface area contributed by atoms with Crippen LogP contribution in [0.2, 0.25) is 0 Å². The van der Waals surface area contributed by atoms with E-state index in [0.717, 1.165) is 44.1 Å². The van der Waals surface area contributed by atoms with Crippen molar-refractivity contribution in [2.75, 3.05) is 37.7 Å². The molecule has 25 heavy (non-hydrogen) atoms. The maximum Gasteiger partial charge on any atom is 0.276 e. The third-order valence-electron chi connectivity index (χ3n) is 4.86. The fourth-order valence-corrected chi connectivity index (χ4v) is 4.63. The Kier molecular flexibility index (Phi) is 5.12. The number of furan rings is 1. The first-order chi connectivity index (χ1) is 12.3. The molecule has 1 unspecified atom stereocenters. The van der Waals surface area contributed by atoms with E-state index >= 15 is 0 Å². The van der Waals surface area contributed by atoms with Crippen LogP contribution in [0, 0.1) is 0 Å². The van der Waals surface area contributed by atoms with Crippen LogP contribution in [0.1, 0.15) is 29.8 Å². The van der Waals surface area contributed by atoms with Gasteiger partial charge in [0.25, 0.3) is 5.91 Å². The molecule has 0 saturated carbocycles. The summed E-state index contributed by atoms with van der Waals surface area (Å²) >= 11 is 1.95. The van der Waals surface area contributed by atoms with Crippen molar-refractivity contribution < 1.29 is 13.7 Å². The molecule has 1 amide bonds. The van der Waals surface area contributed by atoms with Crippen molar-refractivity contribution in [2.24, 2.45) is 0 Å². The van der Waals surface area contributed by atoms with E-state index in [4.69, 9.17) is 8.94 Å². The molecule has 2 aromatic rings. The van der Waals surface area contributed by atoms with Crippen molar-refractivity contribution in [2.45, 2.75) is 25.3 Å². The largest absolute Gasteiger partial charge is 0.461 e. The predicted molar refractivity (Wildman–Crippen MR) is 96.6 cm³/mol. The van der Waals surface area contributed by atoms with Gasteiger partial charge in [-0.25, -0.2) is 0 Å². The summed E-state index contributed by atoms with van der Waals surface area (Å²) in [6.07, 6.45) is 5.14. The van der Waals surface area contributed by atoms with E-state index in [0.29, 0.717) is 17.2 Å². The Balaban J connectivity index is 1.51. The van der Waals surface area contributed by atoms with Gasteiger partial charge in [-0.1, -0.05) is 5.16 Å². The molecule has 2 saturated heterocycles. The van der Waals surface area contributed by atoms with Crippen LogP contribution in [-0.4, -0.2) is 64.6 Å². The quantitative estimate of drug-likeness (QED) is 0.834. The van der Waals surface area contributed by atoms with E-state index < -0.39 is 0 Å². The van der Waals surface area contributed by atoms with Crippen molar-refractivity contribution in [3.63, 3.8) is 0 Å². The van der Waals surface area contributed by atoms with Crippen LogP contribution < -0.4 is 0 Å². The number of aromatic nitrogens is 1. The summed E-state index contributed by atoms with van der Waals surface area (Å²) < 4.78 is 10.6. The number of carbonyl (C=O) groups excluding carboxylic acids is 1. The van der Waals surface area contributed by atoms with Gasteiger partial charge in [0, 0.05) is 24.9 Å². The van der Waals surface area contributed by atoms with Crippen molar-refractivity contribution in [1.82, 2.24) is 15.0 Å². The summed E-state index contributed by atoms with van der Waals surface area (Å²) in [5, 5.41) is 4.00. The summed E-state index contributed by atoms with van der Waals surface area (Å²) in [6.45, 7) is 4.04. The zero-order valence-electron chi connectivity index (χ0n) is 14.2. The average molecular weight is 361 g/mol. The number of nitrogens with zero attached hydrogens (tertiary/aromatic N) is 3. The second-order valence-electron chi connectivity index (χ2n) is 6.64. The van der Waals surface area contributed by atoms with Gasteiger partial charge >= 0.3 is 0 Å². The van der Waals surface area contributed by atoms with Crippen LogP contribution in [0.3, 0.4) is 0 Å². The smallest absolute Gasteiger partial charge is 0.276 e. The first-order valence-electron chi connectivity index (χ1n) is 8.93. The van der Waals surface area contributed by atoms with Gasteiger partial charge in [0.05, 0.1) is 12.3 Å². The lowest BCUT2D eigenvalue weighted by atomic mass is 10.2. The highest BCUT2D eigenvalue weighted by Gasteiger charge is 2.30. The van der Waals surface area contributed by atoms with Crippen molar-refractivity contribution in [3.05, 3.63) is 30.2 Å². The van der Waals surface area contributed by atoms with Crippen molar-refractivity contribution in [3.8, 4) is 11.5 Å². The van der Waals surface area contributed by atoms with Gasteiger partial charge in [-0.05, 0) is 50.2 Å². The highest BCUT2D eigenvalue weighted by molar-refractivity contribution is 7.99. The molecule has 4 rings (SSSR count). The molecule has 1 atom stereocenters. The van der Waals surface area contributed by atoms with E-state index in [1.54, 1.807) is 24.5 Å². The fraction of sp³-hybridized carbons (Fsp3) is 0.556. The average Bonchev–Trinajstić information content (AvgIpc) is 3.36. The lowest BCUT2D eigenvalue weighted by Crippen LogP contribution is -2.47. The van der Waals surface area contributed by atoms with E-state index in [2.05, 4.69) is 10.1 Å². The summed E-state index contributed by atoms with van der Waals surface area (Å²) in [5.74, 6) is 3.15. The van der Waals surface area contributed by atoms with Crippen LogP contribution in [0.15, 0.2) is 33.4 Å². The Labute approximate surface area is 151 Å². The minimum Gasteiger partial charge on any atom is -0.461 e. The monoisotopic (exact) mass is 361 g/mol. The Hall–Kier alpha value is -1.73. The molecule has 0 spiro atoms. The molecule has 0 aliphatic carbocycles. The molecule has 4 heterocycles. The lowest BCUT2D eigenvalue weighted by molar-refractivity contribution is 0.0656. The van der Waals surface area contributed by atoms with E-state index in [1.807, 2.05) is 16.7 Å². The van der Waals surface area contributed by atoms with Gasteiger partial charge in [0.15, 0.2) is 11.5 Å². The number of carbonyl (C=O) groups is 1. The SMILES string of the molecule is O=C(c1cc(-c2ccco2)on1)N1CCCSCC1CN1CCCC1. The van der Waals surface area contributed by atoms with Gasteiger partial charge in [0.2, 0.25) is 5.76 Å². The first-order valence-corrected chi connectivity index (χ1v) is 10.1. The normalized spacial score (nSPS) is 22.2. The van der Waals surface area contributed by atoms with E-state index in [1.165, 1.54) is 12.8 Å². The van der Waals surface area contributed by atoms with Gasteiger partial charge in [-0.2, -0.15) is 11.8 Å². The fourth-order valence-electron chi connectivity index (χ4n) is 3.57. The van der Waals surface area contributed by atoms with Crippen LogP contribution >= 0.6 is 11.8 Å². The van der Waals surface area contributed by atoms with Crippen LogP contribution in [0.25, 0.3) is 11.5 Å². The molecule has 2 aliphatic rings. The number of rotatable bonds is 4. The molecule has 2 fully saturated rings. The third-order valence-corrected chi connectivity index (χ3v) is 6.06. The molecule has 2 aliphatic heterocycles. The number of hydrogen-bond acceptors (Lipinski definition) is 6. The summed E-state index contributed by atoms with van der Waals surface area (Å²) in [5.41, 5.74) is 0.365. The zero-order chi connectivity index (χ0) is 17.1. The van der Waals surface area contributed by atoms with Gasteiger partial charge < -0.3 is 18.7 Å². The van der Waals surface area contributed by atoms with E-state index in [-0.39, 0.29) is 11.9 Å². The van der Waals surface area contributed by atoms with Crippen LogP contribution in [-0.2, 0) is 0 Å². The van der Waals surface area contributed by atoms with Crippen molar-refractivity contribution in [1.29, 1.82) is 0 Å². The number of likely N-dealkylation sites (tertiary alicyclic amines) is 1. The van der Waals surface area contributed by atoms with Gasteiger partial charge in [0.1, 0.15) is 0 Å². The van der Waals surface area contributed by atoms with Gasteiger partial charge in [-0.3, -0.25) is 4.79 Å². The number of thioether (sulfide) groups is 1. The Morgan fingerprint density at radius 3 is 2.92 bits per heavy atom. The molecule has 2 aromatic heterocycles. The third kappa shape index (κ3) is 3.77. The Morgan fingerprint density at radius 1 is 1.24 bits per heavy atom. The molecular weight excluding hydrogens is 338 g/mol. The highest BCUT2D eigenvalue weighted by atomic mass is 32.2. The molecular formula is C18H23N3O3S. The van der Waals surface area contributed by atoms with Crippen LogP contribution in [0.5, 0.6) is 0 Å². The maximum atomic E-state index is 13.1. The summed E-state index contributed by atoms with van der Waals surface area (Å²) in [6, 6.07) is 5.51. The first kappa shape index (κ1) is 16.7. The molecule has 7 heteroatoms. The zero-order valence-corrected chi connectivity index (χ0v) is 15.0. The molecule has 134 valence electrons. The molecule has 0 radical (unpaired) electrons. The van der Waals surface area contributed by atoms with Crippen molar-refractivity contribution >= 4 is 17.7 Å². The minimum atomic E-state index is -0.0340. The highest BCUT2D eigenvalue weighted by Crippen LogP contribution is 2.24. The lowest BCUT2D eigenvalue weighted by Gasteiger charge is -2.32. The molecule has 0 aromatic carbocycles. The molecule has 6 nitrogen and oxygen atoms in total. The second kappa shape index (κ2) is 7.66. The second-order valence-corrected chi connectivity index (χ2v) is 7.79. The Bertz CT molecular complexity index is 694. The number of amides is 1. The standard InChI is InChI=1S/C18H23N3O3S/c22-18(15-11-17(24-19-15)16-5-3-9-23-16)21-8-4-10-25-13-14(21)12-20-6-1-2-7-20/h3,5,9,11,14H,1-2,4,6-8,10,12-13H2. The van der Waals surface area contributed by atoms with Gasteiger partial charge in [-0.15, -0.1) is 0 Å². The number of hydrogen-bond donors (Lipinski definition) is 0. The topological polar surface area (TPSA) is 62.7 Å². The van der Waals surface area contributed by atoms with Crippen LogP contribution in [0.4, 0.5) is 0 Å². The molecule has 0 N–H and O–H groups in total.